The third kappa shape index (κ3) is 4.04. The smallest absolute Gasteiger partial charge is 0.174 e. The van der Waals surface area contributed by atoms with E-state index in [1.54, 1.807) is 6.20 Å². The van der Waals surface area contributed by atoms with Gasteiger partial charge in [-0.15, -0.1) is 0 Å². The molecule has 0 bridgehead atoms. The number of pyridine rings is 1. The monoisotopic (exact) mass is 488 g/mol. The van der Waals surface area contributed by atoms with Crippen molar-refractivity contribution in [3.8, 4) is 11.3 Å². The molecule has 0 aliphatic carbocycles. The number of hydrogen-bond acceptors (Lipinski definition) is 4. The van der Waals surface area contributed by atoms with Crippen molar-refractivity contribution in [2.24, 2.45) is 0 Å². The standard InChI is InChI=1S/C27H25ClN4OS/c1-17-20(7-6-8-21(17)28)23-14-15-24(33-23)26-25(22-9-4-5-16-29-22)30-27(34)32(26)19-12-10-18(11-13-19)31(2)3/h4-16,25-26H,1-3H3,(H,30,34)/t25-,26-/m0/s1. The number of thiocarbonyl (C=S) groups is 1. The SMILES string of the molecule is Cc1c(Cl)cccc1-c1ccc([C@H]2[C@H](c3ccccn3)NC(=S)N2c2ccc(N(C)C)cc2)o1. The summed E-state index contributed by atoms with van der Waals surface area (Å²) in [6.45, 7) is 2.00. The van der Waals surface area contributed by atoms with Gasteiger partial charge in [-0.3, -0.25) is 4.98 Å². The van der Waals surface area contributed by atoms with Crippen LogP contribution >= 0.6 is 23.8 Å². The van der Waals surface area contributed by atoms with Crippen LogP contribution in [-0.2, 0) is 0 Å². The Labute approximate surface area is 210 Å². The van der Waals surface area contributed by atoms with Crippen molar-refractivity contribution in [3.63, 3.8) is 0 Å². The molecule has 0 radical (unpaired) electrons. The van der Waals surface area contributed by atoms with E-state index < -0.39 is 0 Å². The van der Waals surface area contributed by atoms with E-state index >= 15 is 0 Å². The summed E-state index contributed by atoms with van der Waals surface area (Å²) in [6.07, 6.45) is 1.80. The second kappa shape index (κ2) is 9.12. The molecule has 0 unspecified atom stereocenters. The van der Waals surface area contributed by atoms with Gasteiger partial charge in [0.25, 0.3) is 0 Å². The number of aromatic nitrogens is 1. The lowest BCUT2D eigenvalue weighted by Gasteiger charge is -2.26. The first-order valence-corrected chi connectivity index (χ1v) is 11.9. The van der Waals surface area contributed by atoms with Gasteiger partial charge in [0.15, 0.2) is 5.11 Å². The summed E-state index contributed by atoms with van der Waals surface area (Å²) in [5.41, 5.74) is 4.98. The number of furan rings is 1. The fourth-order valence-electron chi connectivity index (χ4n) is 4.36. The van der Waals surface area contributed by atoms with Gasteiger partial charge in [-0.2, -0.15) is 0 Å². The molecule has 2 aromatic heterocycles. The van der Waals surface area contributed by atoms with Crippen LogP contribution in [0.4, 0.5) is 11.4 Å². The molecule has 4 aromatic rings. The molecule has 2 atom stereocenters. The lowest BCUT2D eigenvalue weighted by molar-refractivity contribution is 0.439. The summed E-state index contributed by atoms with van der Waals surface area (Å²) in [6, 6.07) is 23.8. The van der Waals surface area contributed by atoms with Gasteiger partial charge >= 0.3 is 0 Å². The lowest BCUT2D eigenvalue weighted by Crippen LogP contribution is -2.29. The fraction of sp³-hybridized carbons (Fsp3) is 0.185. The summed E-state index contributed by atoms with van der Waals surface area (Å²) >= 11 is 12.2. The van der Waals surface area contributed by atoms with Crippen molar-refractivity contribution in [2.75, 3.05) is 23.9 Å². The van der Waals surface area contributed by atoms with Crippen molar-refractivity contribution in [1.29, 1.82) is 0 Å². The summed E-state index contributed by atoms with van der Waals surface area (Å²) in [5.74, 6) is 1.57. The van der Waals surface area contributed by atoms with E-state index in [9.17, 15) is 0 Å². The Balaban J connectivity index is 1.59. The Kier molecular flexibility index (Phi) is 6.02. The number of nitrogens with one attached hydrogen (secondary N) is 1. The maximum atomic E-state index is 6.47. The van der Waals surface area contributed by atoms with E-state index in [1.807, 2.05) is 69.6 Å². The fourth-order valence-corrected chi connectivity index (χ4v) is 4.88. The number of anilines is 2. The molecule has 5 nitrogen and oxygen atoms in total. The zero-order valence-corrected chi connectivity index (χ0v) is 20.8. The second-order valence-corrected chi connectivity index (χ2v) is 9.32. The number of hydrogen-bond donors (Lipinski definition) is 1. The third-order valence-electron chi connectivity index (χ3n) is 6.19. The molecule has 0 amide bonds. The molecule has 0 saturated carbocycles. The van der Waals surface area contributed by atoms with Gasteiger partial charge < -0.3 is 19.5 Å². The highest BCUT2D eigenvalue weighted by molar-refractivity contribution is 7.80. The molecule has 1 N–H and O–H groups in total. The molecular weight excluding hydrogens is 464 g/mol. The first-order chi connectivity index (χ1) is 16.4. The summed E-state index contributed by atoms with van der Waals surface area (Å²) in [7, 11) is 4.05. The topological polar surface area (TPSA) is 44.5 Å². The molecule has 5 rings (SSSR count). The van der Waals surface area contributed by atoms with Gasteiger partial charge in [0.05, 0.1) is 11.7 Å². The highest BCUT2D eigenvalue weighted by atomic mass is 35.5. The first-order valence-electron chi connectivity index (χ1n) is 11.1. The highest BCUT2D eigenvalue weighted by Gasteiger charge is 2.42. The minimum atomic E-state index is -0.208. The number of benzene rings is 2. The zero-order valence-electron chi connectivity index (χ0n) is 19.2. The molecule has 1 saturated heterocycles. The number of nitrogens with zero attached hydrogens (tertiary/aromatic N) is 3. The van der Waals surface area contributed by atoms with Crippen LogP contribution in [0.5, 0.6) is 0 Å². The van der Waals surface area contributed by atoms with Gasteiger partial charge in [-0.1, -0.05) is 29.8 Å². The maximum absolute atomic E-state index is 6.47. The van der Waals surface area contributed by atoms with Crippen molar-refractivity contribution in [3.05, 3.63) is 101 Å². The molecule has 1 fully saturated rings. The van der Waals surface area contributed by atoms with E-state index in [1.165, 1.54) is 0 Å². The average molecular weight is 489 g/mol. The highest BCUT2D eigenvalue weighted by Crippen LogP contribution is 2.43. The lowest BCUT2D eigenvalue weighted by atomic mass is 10.0. The average Bonchev–Trinajstić information content (AvgIpc) is 3.46. The molecule has 1 aliphatic heterocycles. The van der Waals surface area contributed by atoms with E-state index in [0.717, 1.165) is 39.7 Å². The van der Waals surface area contributed by atoms with Gasteiger partial charge in [-0.05, 0) is 79.3 Å². The quantitative estimate of drug-likeness (QED) is 0.321. The van der Waals surface area contributed by atoms with Crippen molar-refractivity contribution >= 4 is 40.3 Å². The van der Waals surface area contributed by atoms with Crippen LogP contribution in [0, 0.1) is 6.92 Å². The van der Waals surface area contributed by atoms with Gasteiger partial charge in [0, 0.05) is 42.3 Å². The molecule has 34 heavy (non-hydrogen) atoms. The Morgan fingerprint density at radius 3 is 2.50 bits per heavy atom. The summed E-state index contributed by atoms with van der Waals surface area (Å²) < 4.78 is 6.47. The van der Waals surface area contributed by atoms with Crippen LogP contribution < -0.4 is 15.1 Å². The van der Waals surface area contributed by atoms with E-state index in [-0.39, 0.29) is 12.1 Å². The van der Waals surface area contributed by atoms with Crippen molar-refractivity contribution < 1.29 is 4.42 Å². The van der Waals surface area contributed by atoms with Gasteiger partial charge in [0.1, 0.15) is 17.6 Å². The third-order valence-corrected chi connectivity index (χ3v) is 6.92. The minimum absolute atomic E-state index is 0.165. The van der Waals surface area contributed by atoms with E-state index in [0.29, 0.717) is 10.1 Å². The number of rotatable bonds is 5. The van der Waals surface area contributed by atoms with Crippen molar-refractivity contribution in [2.45, 2.75) is 19.0 Å². The van der Waals surface area contributed by atoms with Gasteiger partial charge in [-0.25, -0.2) is 0 Å². The maximum Gasteiger partial charge on any atom is 0.174 e. The van der Waals surface area contributed by atoms with Crippen LogP contribution in [0.1, 0.15) is 29.1 Å². The predicted octanol–water partition coefficient (Wildman–Crippen LogP) is 6.55. The first kappa shape index (κ1) is 22.4. The molecule has 0 spiro atoms. The molecule has 7 heteroatoms. The van der Waals surface area contributed by atoms with Gasteiger partial charge in [0.2, 0.25) is 0 Å². The second-order valence-electron chi connectivity index (χ2n) is 8.52. The minimum Gasteiger partial charge on any atom is -0.459 e. The van der Waals surface area contributed by atoms with E-state index in [4.69, 9.17) is 28.2 Å². The largest absolute Gasteiger partial charge is 0.459 e. The predicted molar refractivity (Wildman–Crippen MR) is 143 cm³/mol. The molecule has 3 heterocycles. The Hall–Kier alpha value is -3.35. The Morgan fingerprint density at radius 1 is 1.00 bits per heavy atom. The Morgan fingerprint density at radius 2 is 1.79 bits per heavy atom. The van der Waals surface area contributed by atoms with Crippen LogP contribution in [0.25, 0.3) is 11.3 Å². The van der Waals surface area contributed by atoms with Crippen LogP contribution in [-0.4, -0.2) is 24.2 Å². The van der Waals surface area contributed by atoms with Crippen molar-refractivity contribution in [1.82, 2.24) is 10.3 Å². The normalized spacial score (nSPS) is 17.6. The summed E-state index contributed by atoms with van der Waals surface area (Å²) in [5, 5.41) is 4.83. The molecular formula is C27H25ClN4OS. The molecule has 172 valence electrons. The number of halogens is 1. The Bertz CT molecular complexity index is 1320. The summed E-state index contributed by atoms with van der Waals surface area (Å²) in [4.78, 5) is 8.80. The van der Waals surface area contributed by atoms with E-state index in [2.05, 4.69) is 44.4 Å². The molecule has 2 aromatic carbocycles. The van der Waals surface area contributed by atoms with Crippen LogP contribution in [0.2, 0.25) is 5.02 Å². The zero-order chi connectivity index (χ0) is 23.8. The van der Waals surface area contributed by atoms with Crippen LogP contribution in [0.15, 0.2) is 83.4 Å². The molecule has 1 aliphatic rings. The van der Waals surface area contributed by atoms with Crippen LogP contribution in [0.3, 0.4) is 0 Å².